The van der Waals surface area contributed by atoms with E-state index in [0.29, 0.717) is 12.8 Å². The summed E-state index contributed by atoms with van der Waals surface area (Å²) in [7, 11) is 1.79. The van der Waals surface area contributed by atoms with Crippen LogP contribution in [0.25, 0.3) is 0 Å². The fraction of sp³-hybridized carbons (Fsp3) is 0.917. The summed E-state index contributed by atoms with van der Waals surface area (Å²) < 4.78 is 18.2. The number of ether oxygens (including phenoxy) is 3. The molecule has 0 aromatic heterocycles. The zero-order valence-electron chi connectivity index (χ0n) is 19.0. The second-order valence-corrected chi connectivity index (χ2v) is 11.4. The van der Waals surface area contributed by atoms with Gasteiger partial charge in [-0.25, -0.2) is 0 Å². The molecule has 1 N–H and O–H groups in total. The van der Waals surface area contributed by atoms with E-state index < -0.39 is 17.6 Å². The van der Waals surface area contributed by atoms with Gasteiger partial charge in [-0.15, -0.1) is 0 Å². The number of piperidine rings is 1. The lowest BCUT2D eigenvalue weighted by Crippen LogP contribution is -2.76. The molecule has 7 aliphatic rings. The van der Waals surface area contributed by atoms with Crippen molar-refractivity contribution in [3.05, 3.63) is 0 Å². The molecule has 11 atom stereocenters. The Kier molecular flexibility index (Phi) is 4.11. The van der Waals surface area contributed by atoms with Crippen molar-refractivity contribution in [3.63, 3.8) is 0 Å². The third-order valence-corrected chi connectivity index (χ3v) is 10.4. The highest BCUT2D eigenvalue weighted by atomic mass is 16.6. The van der Waals surface area contributed by atoms with Crippen molar-refractivity contribution in [2.24, 2.45) is 34.5 Å². The molecular formula is C24H35NO6. The SMILES string of the molecule is CCN1C[C@]2(C)CC[C@H](OC)C34C1C([C@@H](OC(C)=O)C32)[C@@]1(O)CC[C@H]2C[C@@H]4[C@@H]1C(=O)O2. The van der Waals surface area contributed by atoms with Crippen LogP contribution in [0.1, 0.15) is 52.9 Å². The van der Waals surface area contributed by atoms with E-state index in [-0.39, 0.29) is 58.8 Å². The van der Waals surface area contributed by atoms with Crippen LogP contribution in [-0.2, 0) is 23.8 Å². The lowest BCUT2D eigenvalue weighted by atomic mass is 9.42. The number of hydrogen-bond donors (Lipinski definition) is 1. The van der Waals surface area contributed by atoms with Crippen LogP contribution >= 0.6 is 0 Å². The highest BCUT2D eigenvalue weighted by molar-refractivity contribution is 5.77. The molecule has 0 aromatic rings. The van der Waals surface area contributed by atoms with E-state index in [1.807, 2.05) is 0 Å². The maximum Gasteiger partial charge on any atom is 0.312 e. The number of carbonyl (C=O) groups excluding carboxylic acids is 2. The van der Waals surface area contributed by atoms with Gasteiger partial charge in [-0.05, 0) is 50.0 Å². The molecule has 4 saturated carbocycles. The van der Waals surface area contributed by atoms with Crippen molar-refractivity contribution >= 4 is 11.9 Å². The van der Waals surface area contributed by atoms with E-state index in [1.165, 1.54) is 6.92 Å². The predicted octanol–water partition coefficient (Wildman–Crippen LogP) is 1.76. The first kappa shape index (κ1) is 20.4. The lowest BCUT2D eigenvalue weighted by Gasteiger charge is -2.69. The number of carbonyl (C=O) groups is 2. The van der Waals surface area contributed by atoms with Crippen molar-refractivity contribution in [2.45, 2.75) is 82.8 Å². The Hall–Kier alpha value is -1.18. The molecule has 4 aliphatic carbocycles. The van der Waals surface area contributed by atoms with Crippen molar-refractivity contribution in [3.8, 4) is 0 Å². The summed E-state index contributed by atoms with van der Waals surface area (Å²) in [4.78, 5) is 28.2. The first-order chi connectivity index (χ1) is 14.7. The third kappa shape index (κ3) is 2.17. The van der Waals surface area contributed by atoms with Gasteiger partial charge in [-0.3, -0.25) is 14.5 Å². The zero-order chi connectivity index (χ0) is 21.9. The number of esters is 2. The predicted molar refractivity (Wildman–Crippen MR) is 110 cm³/mol. The van der Waals surface area contributed by atoms with Crippen LogP contribution in [-0.4, -0.2) is 72.1 Å². The molecule has 172 valence electrons. The van der Waals surface area contributed by atoms with Gasteiger partial charge in [-0.2, -0.15) is 0 Å². The number of likely N-dealkylation sites (tertiary alicyclic amines) is 1. The van der Waals surface area contributed by atoms with Gasteiger partial charge in [0.2, 0.25) is 0 Å². The first-order valence-corrected chi connectivity index (χ1v) is 12.1. The fourth-order valence-electron chi connectivity index (χ4n) is 9.93. The minimum absolute atomic E-state index is 0.0167. The number of rotatable bonds is 3. The molecule has 3 heterocycles. The largest absolute Gasteiger partial charge is 0.462 e. The Bertz CT molecular complexity index is 833. The molecule has 9 bridgehead atoms. The van der Waals surface area contributed by atoms with Crippen LogP contribution in [0.5, 0.6) is 0 Å². The number of fused-ring (bicyclic) bond motifs is 2. The van der Waals surface area contributed by atoms with Crippen LogP contribution in [0, 0.1) is 34.5 Å². The Morgan fingerprint density at radius 1 is 1.32 bits per heavy atom. The van der Waals surface area contributed by atoms with Crippen molar-refractivity contribution in [1.29, 1.82) is 0 Å². The van der Waals surface area contributed by atoms with Crippen LogP contribution in [0.15, 0.2) is 0 Å². The molecule has 4 unspecified atom stereocenters. The summed E-state index contributed by atoms with van der Waals surface area (Å²) in [5, 5.41) is 12.4. The maximum absolute atomic E-state index is 13.3. The molecule has 7 heteroatoms. The minimum Gasteiger partial charge on any atom is -0.462 e. The second kappa shape index (κ2) is 6.23. The average molecular weight is 434 g/mol. The average Bonchev–Trinajstić information content (AvgIpc) is 2.77. The van der Waals surface area contributed by atoms with E-state index in [2.05, 4.69) is 18.7 Å². The van der Waals surface area contributed by atoms with Crippen molar-refractivity contribution in [2.75, 3.05) is 20.2 Å². The van der Waals surface area contributed by atoms with E-state index in [9.17, 15) is 14.7 Å². The molecule has 7 rings (SSSR count). The summed E-state index contributed by atoms with van der Waals surface area (Å²) in [5.41, 5.74) is -1.58. The smallest absolute Gasteiger partial charge is 0.312 e. The maximum atomic E-state index is 13.3. The summed E-state index contributed by atoms with van der Waals surface area (Å²) >= 11 is 0. The topological polar surface area (TPSA) is 85.3 Å². The Labute approximate surface area is 183 Å². The molecule has 0 amide bonds. The fourth-order valence-corrected chi connectivity index (χ4v) is 9.93. The van der Waals surface area contributed by atoms with Crippen LogP contribution < -0.4 is 0 Å². The van der Waals surface area contributed by atoms with Crippen molar-refractivity contribution < 1.29 is 28.9 Å². The molecule has 31 heavy (non-hydrogen) atoms. The monoisotopic (exact) mass is 433 g/mol. The van der Waals surface area contributed by atoms with Gasteiger partial charge < -0.3 is 19.3 Å². The van der Waals surface area contributed by atoms with E-state index in [0.717, 1.165) is 32.4 Å². The first-order valence-electron chi connectivity index (χ1n) is 12.1. The van der Waals surface area contributed by atoms with Crippen LogP contribution in [0.3, 0.4) is 0 Å². The Morgan fingerprint density at radius 3 is 2.77 bits per heavy atom. The van der Waals surface area contributed by atoms with E-state index in [4.69, 9.17) is 14.2 Å². The quantitative estimate of drug-likeness (QED) is 0.679. The highest BCUT2D eigenvalue weighted by Gasteiger charge is 2.85. The summed E-state index contributed by atoms with van der Waals surface area (Å²) in [5.74, 6) is -1.36. The molecule has 7 fully saturated rings. The molecular weight excluding hydrogens is 398 g/mol. The summed E-state index contributed by atoms with van der Waals surface area (Å²) in [6, 6.07) is 0.0427. The zero-order valence-corrected chi connectivity index (χ0v) is 19.0. The van der Waals surface area contributed by atoms with Crippen LogP contribution in [0.4, 0.5) is 0 Å². The highest BCUT2D eigenvalue weighted by Crippen LogP contribution is 2.77. The Morgan fingerprint density at radius 2 is 2.10 bits per heavy atom. The van der Waals surface area contributed by atoms with Gasteiger partial charge >= 0.3 is 11.9 Å². The number of aliphatic hydroxyl groups is 1. The second-order valence-electron chi connectivity index (χ2n) is 11.4. The van der Waals surface area contributed by atoms with Crippen LogP contribution in [0.2, 0.25) is 0 Å². The molecule has 3 saturated heterocycles. The minimum atomic E-state index is -1.21. The van der Waals surface area contributed by atoms with Gasteiger partial charge in [0, 0.05) is 43.9 Å². The summed E-state index contributed by atoms with van der Waals surface area (Å²) in [6.45, 7) is 7.79. The summed E-state index contributed by atoms with van der Waals surface area (Å²) in [6.07, 6.45) is 3.36. The molecule has 7 nitrogen and oxygen atoms in total. The number of methoxy groups -OCH3 is 1. The van der Waals surface area contributed by atoms with Gasteiger partial charge in [0.05, 0.1) is 17.6 Å². The standard InChI is InChI=1S/C24H35NO6/c1-5-25-11-22(3)8-7-15(29-4)24-14-10-13-6-9-23(28,16(14)21(27)31-13)17(20(24)25)18(19(22)24)30-12(2)26/h13-20,28H,5-11H2,1-4H3/t13-,14+,15-,16+,17?,18+,19?,20?,22-,23+,24?/m0/s1. The molecule has 0 aromatic carbocycles. The molecule has 0 radical (unpaired) electrons. The normalized spacial score (nSPS) is 56.7. The van der Waals surface area contributed by atoms with E-state index >= 15 is 0 Å². The van der Waals surface area contributed by atoms with Gasteiger partial charge in [0.1, 0.15) is 12.2 Å². The van der Waals surface area contributed by atoms with Crippen molar-refractivity contribution in [1.82, 2.24) is 4.90 Å². The van der Waals surface area contributed by atoms with E-state index in [1.54, 1.807) is 7.11 Å². The third-order valence-electron chi connectivity index (χ3n) is 10.4. The number of hydrogen-bond acceptors (Lipinski definition) is 7. The van der Waals surface area contributed by atoms with Gasteiger partial charge in [-0.1, -0.05) is 13.8 Å². The molecule has 3 aliphatic heterocycles. The lowest BCUT2D eigenvalue weighted by molar-refractivity contribution is -0.269. The number of nitrogens with zero attached hydrogens (tertiary/aromatic N) is 1. The Balaban J connectivity index is 1.66. The molecule has 1 spiro atoms. The van der Waals surface area contributed by atoms with Gasteiger partial charge in [0.15, 0.2) is 0 Å². The van der Waals surface area contributed by atoms with Gasteiger partial charge in [0.25, 0.3) is 0 Å².